The number of ether oxygens (including phenoxy) is 1. The van der Waals surface area contributed by atoms with Gasteiger partial charge in [-0.3, -0.25) is 10.00 Å². The summed E-state index contributed by atoms with van der Waals surface area (Å²) in [6.07, 6.45) is 2.11. The molecule has 7 nitrogen and oxygen atoms in total. The van der Waals surface area contributed by atoms with Crippen LogP contribution in [-0.2, 0) is 11.3 Å². The van der Waals surface area contributed by atoms with E-state index in [1.807, 2.05) is 6.07 Å². The van der Waals surface area contributed by atoms with Gasteiger partial charge in [0.1, 0.15) is 5.69 Å². The fraction of sp³-hybridized carbons (Fsp3) is 0.304. The van der Waals surface area contributed by atoms with Gasteiger partial charge in [-0.1, -0.05) is 12.1 Å². The predicted octanol–water partition coefficient (Wildman–Crippen LogP) is 3.42. The molecule has 4 N–H and O–H groups in total. The molecule has 0 saturated carbocycles. The number of methoxy groups -OCH3 is 1. The number of likely N-dealkylation sites (tertiary alicyclic amines) is 1. The van der Waals surface area contributed by atoms with E-state index in [1.165, 1.54) is 18.1 Å². The summed E-state index contributed by atoms with van der Waals surface area (Å²) in [6.45, 7) is 3.01. The number of carbonyl (C=O) groups excluding carboxylic acids is 1. The van der Waals surface area contributed by atoms with Crippen molar-refractivity contribution < 1.29 is 9.53 Å². The molecule has 7 heteroatoms. The van der Waals surface area contributed by atoms with E-state index in [-0.39, 0.29) is 5.97 Å². The first-order valence-corrected chi connectivity index (χ1v) is 10.3. The van der Waals surface area contributed by atoms with Crippen molar-refractivity contribution >= 4 is 27.8 Å². The highest BCUT2D eigenvalue weighted by atomic mass is 16.5. The van der Waals surface area contributed by atoms with E-state index < -0.39 is 0 Å². The largest absolute Gasteiger partial charge is 0.465 e. The highest BCUT2D eigenvalue weighted by molar-refractivity contribution is 6.00. The zero-order chi connectivity index (χ0) is 20.7. The average molecular weight is 403 g/mol. The minimum Gasteiger partial charge on any atom is -0.465 e. The number of aromatic amines is 2. The Balaban J connectivity index is 1.49. The summed E-state index contributed by atoms with van der Waals surface area (Å²) in [5, 5.41) is 9.72. The van der Waals surface area contributed by atoms with E-state index >= 15 is 0 Å². The maximum Gasteiger partial charge on any atom is 0.337 e. The molecule has 0 aliphatic carbocycles. The molecule has 0 unspecified atom stereocenters. The molecule has 0 amide bonds. The van der Waals surface area contributed by atoms with E-state index in [0.717, 1.165) is 60.3 Å². The number of nitrogens with one attached hydrogen (secondary N) is 2. The van der Waals surface area contributed by atoms with Gasteiger partial charge in [0.05, 0.1) is 23.9 Å². The van der Waals surface area contributed by atoms with Gasteiger partial charge < -0.3 is 15.5 Å². The molecule has 2 aromatic carbocycles. The van der Waals surface area contributed by atoms with Crippen LogP contribution in [0.3, 0.4) is 0 Å². The molecule has 5 rings (SSSR count). The van der Waals surface area contributed by atoms with Crippen LogP contribution >= 0.6 is 0 Å². The summed E-state index contributed by atoms with van der Waals surface area (Å²) in [4.78, 5) is 17.8. The summed E-state index contributed by atoms with van der Waals surface area (Å²) in [7, 11) is 1.38. The predicted molar refractivity (Wildman–Crippen MR) is 117 cm³/mol. The van der Waals surface area contributed by atoms with Gasteiger partial charge in [-0.2, -0.15) is 5.10 Å². The fourth-order valence-corrected chi connectivity index (χ4v) is 4.31. The Morgan fingerprint density at radius 1 is 1.17 bits per heavy atom. The first-order chi connectivity index (χ1) is 14.6. The number of nitrogens with zero attached hydrogens (tertiary/aromatic N) is 2. The topological polar surface area (TPSA) is 100 Å². The highest BCUT2D eigenvalue weighted by Crippen LogP contribution is 2.31. The Morgan fingerprint density at radius 3 is 2.80 bits per heavy atom. The SMILES string of the molecule is COC(=O)c1ccc2c(-c3cc4c(CN5CCC(N)CC5)cccc4[nH]3)n[nH]c2c1. The zero-order valence-corrected chi connectivity index (χ0v) is 16.9. The van der Waals surface area contributed by atoms with Crippen LogP contribution in [0.4, 0.5) is 0 Å². The van der Waals surface area contributed by atoms with Gasteiger partial charge in [0.25, 0.3) is 0 Å². The van der Waals surface area contributed by atoms with Gasteiger partial charge in [0.15, 0.2) is 0 Å². The van der Waals surface area contributed by atoms with Crippen LogP contribution in [-0.4, -0.2) is 52.3 Å². The number of fused-ring (bicyclic) bond motifs is 2. The number of H-pyrrole nitrogens is 2. The molecule has 0 atom stereocenters. The van der Waals surface area contributed by atoms with Crippen LogP contribution in [0.1, 0.15) is 28.8 Å². The minimum atomic E-state index is -0.359. The second-order valence-electron chi connectivity index (χ2n) is 8.00. The number of hydrogen-bond acceptors (Lipinski definition) is 5. The number of benzene rings is 2. The third-order valence-electron chi connectivity index (χ3n) is 6.02. The van der Waals surface area contributed by atoms with Crippen molar-refractivity contribution in [3.05, 3.63) is 53.6 Å². The smallest absolute Gasteiger partial charge is 0.337 e. The van der Waals surface area contributed by atoms with Crippen molar-refractivity contribution in [2.75, 3.05) is 20.2 Å². The second kappa shape index (κ2) is 7.59. The maximum absolute atomic E-state index is 11.8. The van der Waals surface area contributed by atoms with Crippen LogP contribution in [0, 0.1) is 0 Å². The summed E-state index contributed by atoms with van der Waals surface area (Å²) in [6, 6.07) is 14.3. The van der Waals surface area contributed by atoms with Gasteiger partial charge in [-0.25, -0.2) is 4.79 Å². The Bertz CT molecular complexity index is 1220. The van der Waals surface area contributed by atoms with Crippen molar-refractivity contribution in [1.82, 2.24) is 20.1 Å². The molecule has 3 heterocycles. The normalized spacial score (nSPS) is 15.8. The van der Waals surface area contributed by atoms with Gasteiger partial charge in [0, 0.05) is 28.9 Å². The molecule has 1 aliphatic rings. The number of carbonyl (C=O) groups is 1. The number of esters is 1. The van der Waals surface area contributed by atoms with Gasteiger partial charge in [-0.05, 0) is 61.8 Å². The number of hydrogen-bond donors (Lipinski definition) is 3. The average Bonchev–Trinajstić information content (AvgIpc) is 3.38. The number of rotatable bonds is 4. The molecule has 0 radical (unpaired) electrons. The Kier molecular flexibility index (Phi) is 4.77. The number of aromatic nitrogens is 3. The quantitative estimate of drug-likeness (QED) is 0.453. The lowest BCUT2D eigenvalue weighted by Gasteiger charge is -2.30. The highest BCUT2D eigenvalue weighted by Gasteiger charge is 2.18. The molecule has 1 aliphatic heterocycles. The Labute approximate surface area is 174 Å². The Morgan fingerprint density at radius 2 is 2.00 bits per heavy atom. The molecule has 30 heavy (non-hydrogen) atoms. The van der Waals surface area contributed by atoms with E-state index in [0.29, 0.717) is 11.6 Å². The van der Waals surface area contributed by atoms with E-state index in [2.05, 4.69) is 44.3 Å². The van der Waals surface area contributed by atoms with Crippen LogP contribution in [0.15, 0.2) is 42.5 Å². The summed E-state index contributed by atoms with van der Waals surface area (Å²) in [5.74, 6) is -0.359. The van der Waals surface area contributed by atoms with E-state index in [9.17, 15) is 4.79 Å². The van der Waals surface area contributed by atoms with Crippen molar-refractivity contribution in [1.29, 1.82) is 0 Å². The fourth-order valence-electron chi connectivity index (χ4n) is 4.31. The zero-order valence-electron chi connectivity index (χ0n) is 16.9. The molecule has 154 valence electrons. The van der Waals surface area contributed by atoms with E-state index in [1.54, 1.807) is 12.1 Å². The lowest BCUT2D eigenvalue weighted by Crippen LogP contribution is -2.39. The van der Waals surface area contributed by atoms with Gasteiger partial charge in [-0.15, -0.1) is 0 Å². The first kappa shape index (κ1) is 18.8. The van der Waals surface area contributed by atoms with Crippen LogP contribution in [0.25, 0.3) is 33.2 Å². The number of nitrogens with two attached hydrogens (primary N) is 1. The van der Waals surface area contributed by atoms with Gasteiger partial charge >= 0.3 is 5.97 Å². The lowest BCUT2D eigenvalue weighted by molar-refractivity contribution is 0.0601. The second-order valence-corrected chi connectivity index (χ2v) is 8.00. The molecule has 0 spiro atoms. The van der Waals surface area contributed by atoms with E-state index in [4.69, 9.17) is 10.5 Å². The molecule has 1 fully saturated rings. The third kappa shape index (κ3) is 3.36. The standard InChI is InChI=1S/C23H25N5O2/c1-30-23(29)14-5-6-17-20(11-14)26-27-22(17)21-12-18-15(3-2-4-19(18)25-21)13-28-9-7-16(24)8-10-28/h2-6,11-12,16,25H,7-10,13,24H2,1H3,(H,26,27). The molecule has 4 aromatic rings. The lowest BCUT2D eigenvalue weighted by atomic mass is 10.0. The monoisotopic (exact) mass is 403 g/mol. The van der Waals surface area contributed by atoms with Crippen LogP contribution < -0.4 is 5.73 Å². The Hall–Kier alpha value is -3.16. The molecular formula is C23H25N5O2. The van der Waals surface area contributed by atoms with Crippen molar-refractivity contribution in [3.8, 4) is 11.4 Å². The minimum absolute atomic E-state index is 0.337. The molecule has 1 saturated heterocycles. The molecule has 0 bridgehead atoms. The van der Waals surface area contributed by atoms with Crippen molar-refractivity contribution in [2.24, 2.45) is 5.73 Å². The van der Waals surface area contributed by atoms with Crippen molar-refractivity contribution in [2.45, 2.75) is 25.4 Å². The number of piperidine rings is 1. The molecular weight excluding hydrogens is 378 g/mol. The molecule has 2 aromatic heterocycles. The summed E-state index contributed by atoms with van der Waals surface area (Å²) >= 11 is 0. The summed E-state index contributed by atoms with van der Waals surface area (Å²) in [5.41, 5.74) is 11.5. The van der Waals surface area contributed by atoms with Crippen LogP contribution in [0.5, 0.6) is 0 Å². The maximum atomic E-state index is 11.8. The van der Waals surface area contributed by atoms with Crippen molar-refractivity contribution in [3.63, 3.8) is 0 Å². The van der Waals surface area contributed by atoms with Crippen LogP contribution in [0.2, 0.25) is 0 Å². The third-order valence-corrected chi connectivity index (χ3v) is 6.02. The first-order valence-electron chi connectivity index (χ1n) is 10.3. The van der Waals surface area contributed by atoms with Gasteiger partial charge in [0.2, 0.25) is 0 Å². The summed E-state index contributed by atoms with van der Waals surface area (Å²) < 4.78 is 4.81.